The van der Waals surface area contributed by atoms with Crippen molar-refractivity contribution in [1.82, 2.24) is 9.88 Å². The summed E-state index contributed by atoms with van der Waals surface area (Å²) in [5.41, 5.74) is 1.01. The number of thiazole rings is 1. The van der Waals surface area contributed by atoms with Crippen molar-refractivity contribution in [1.29, 1.82) is 0 Å². The Hall–Kier alpha value is -2.47. The predicted molar refractivity (Wildman–Crippen MR) is 109 cm³/mol. The summed E-state index contributed by atoms with van der Waals surface area (Å²) >= 11 is 1.69. The zero-order valence-electron chi connectivity index (χ0n) is 15.6. The summed E-state index contributed by atoms with van der Waals surface area (Å²) in [5, 5.41) is 1.04. The van der Waals surface area contributed by atoms with Crippen LogP contribution in [0.5, 0.6) is 5.75 Å². The van der Waals surface area contributed by atoms with Gasteiger partial charge < -0.3 is 9.64 Å². The number of nitrogens with zero attached hydrogens (tertiary/aromatic N) is 2. The second kappa shape index (κ2) is 8.69. The number of likely N-dealkylation sites (tertiary alicyclic amines) is 1. The minimum atomic E-state index is -0.284. The van der Waals surface area contributed by atoms with Crippen LogP contribution in [0.4, 0.5) is 4.39 Å². The van der Waals surface area contributed by atoms with Gasteiger partial charge >= 0.3 is 0 Å². The number of piperidine rings is 1. The summed E-state index contributed by atoms with van der Waals surface area (Å²) in [5.74, 6) is 0.499. The lowest BCUT2D eigenvalue weighted by Crippen LogP contribution is -2.38. The topological polar surface area (TPSA) is 42.4 Å². The van der Waals surface area contributed by atoms with E-state index in [2.05, 4.69) is 6.07 Å². The van der Waals surface area contributed by atoms with Crippen LogP contribution in [0.2, 0.25) is 0 Å². The van der Waals surface area contributed by atoms with Gasteiger partial charge in [-0.15, -0.1) is 11.3 Å². The average molecular weight is 399 g/mol. The Morgan fingerprint density at radius 1 is 1.18 bits per heavy atom. The summed E-state index contributed by atoms with van der Waals surface area (Å²) in [7, 11) is 0. The van der Waals surface area contributed by atoms with Crippen LogP contribution < -0.4 is 4.74 Å². The van der Waals surface area contributed by atoms with Crippen LogP contribution in [0.15, 0.2) is 48.5 Å². The van der Waals surface area contributed by atoms with Crippen LogP contribution in [0, 0.1) is 5.82 Å². The van der Waals surface area contributed by atoms with E-state index in [1.54, 1.807) is 23.5 Å². The summed E-state index contributed by atoms with van der Waals surface area (Å²) in [6, 6.07) is 14.2. The zero-order valence-corrected chi connectivity index (χ0v) is 16.5. The number of hydrogen-bond acceptors (Lipinski definition) is 4. The molecule has 1 saturated heterocycles. The lowest BCUT2D eigenvalue weighted by Gasteiger charge is -2.34. The van der Waals surface area contributed by atoms with Gasteiger partial charge in [0.25, 0.3) is 0 Å². The van der Waals surface area contributed by atoms with Gasteiger partial charge in [0, 0.05) is 13.0 Å². The second-order valence-corrected chi connectivity index (χ2v) is 8.09. The number of para-hydroxylation sites is 1. The van der Waals surface area contributed by atoms with E-state index in [0.717, 1.165) is 36.3 Å². The molecule has 28 heavy (non-hydrogen) atoms. The first-order chi connectivity index (χ1) is 13.7. The first kappa shape index (κ1) is 18.9. The summed E-state index contributed by atoms with van der Waals surface area (Å²) in [6.07, 6.45) is 4.22. The molecule has 0 radical (unpaired) electrons. The summed E-state index contributed by atoms with van der Waals surface area (Å²) < 4.78 is 19.7. The molecular formula is C22H23FN2O2S. The Balaban J connectivity index is 1.35. The summed E-state index contributed by atoms with van der Waals surface area (Å²) in [4.78, 5) is 19.6. The third-order valence-corrected chi connectivity index (χ3v) is 6.17. The molecule has 2 aromatic carbocycles. The molecule has 0 N–H and O–H groups in total. The number of halogens is 1. The fourth-order valence-electron chi connectivity index (χ4n) is 3.61. The standard InChI is InChI=1S/C22H23FN2O2S/c23-16-10-12-17(13-11-16)27-15-5-9-21(26)25-14-4-3-7-19(25)22-24-18-6-1-2-8-20(18)28-22/h1-2,6,8,10-13,19H,3-5,7,9,14-15H2. The molecule has 146 valence electrons. The highest BCUT2D eigenvalue weighted by molar-refractivity contribution is 7.18. The maximum absolute atomic E-state index is 12.9. The third kappa shape index (κ3) is 4.33. The number of rotatable bonds is 6. The van der Waals surface area contributed by atoms with Crippen molar-refractivity contribution >= 4 is 27.5 Å². The highest BCUT2D eigenvalue weighted by atomic mass is 32.1. The molecule has 1 amide bonds. The number of fused-ring (bicyclic) bond motifs is 1. The van der Waals surface area contributed by atoms with Crippen LogP contribution in [-0.2, 0) is 4.79 Å². The Morgan fingerprint density at radius 3 is 2.82 bits per heavy atom. The van der Waals surface area contributed by atoms with Crippen LogP contribution in [0.1, 0.15) is 43.2 Å². The van der Waals surface area contributed by atoms with Gasteiger partial charge in [-0.3, -0.25) is 4.79 Å². The molecule has 1 aliphatic heterocycles. The normalized spacial score (nSPS) is 17.0. The Bertz CT molecular complexity index is 908. The van der Waals surface area contributed by atoms with Crippen molar-refractivity contribution in [3.05, 3.63) is 59.4 Å². The molecule has 1 unspecified atom stereocenters. The van der Waals surface area contributed by atoms with Crippen LogP contribution in [-0.4, -0.2) is 28.9 Å². The SMILES string of the molecule is O=C(CCCOc1ccc(F)cc1)N1CCCCC1c1nc2ccccc2s1. The van der Waals surface area contributed by atoms with Gasteiger partial charge in [-0.25, -0.2) is 9.37 Å². The van der Waals surface area contributed by atoms with Crippen LogP contribution in [0.3, 0.4) is 0 Å². The van der Waals surface area contributed by atoms with Gasteiger partial charge in [0.1, 0.15) is 16.6 Å². The highest BCUT2D eigenvalue weighted by Gasteiger charge is 2.29. The van der Waals surface area contributed by atoms with Gasteiger partial charge in [0.2, 0.25) is 5.91 Å². The van der Waals surface area contributed by atoms with Crippen LogP contribution in [0.25, 0.3) is 10.2 Å². The molecular weight excluding hydrogens is 375 g/mol. The Labute approximate surface area is 168 Å². The predicted octanol–water partition coefficient (Wildman–Crippen LogP) is 5.35. The van der Waals surface area contributed by atoms with E-state index in [1.807, 2.05) is 23.1 Å². The molecule has 1 aromatic heterocycles. The first-order valence-corrected chi connectivity index (χ1v) is 10.6. The number of hydrogen-bond donors (Lipinski definition) is 0. The number of carbonyl (C=O) groups excluding carboxylic acids is 1. The quantitative estimate of drug-likeness (QED) is 0.526. The molecule has 0 spiro atoms. The fraction of sp³-hybridized carbons (Fsp3) is 0.364. The molecule has 4 nitrogen and oxygen atoms in total. The maximum atomic E-state index is 12.9. The molecule has 0 aliphatic carbocycles. The molecule has 0 saturated carbocycles. The molecule has 4 rings (SSSR count). The van der Waals surface area contributed by atoms with Gasteiger partial charge in [-0.2, -0.15) is 0 Å². The zero-order chi connectivity index (χ0) is 19.3. The smallest absolute Gasteiger partial charge is 0.223 e. The van der Waals surface area contributed by atoms with Gasteiger partial charge in [-0.1, -0.05) is 12.1 Å². The molecule has 1 fully saturated rings. The van der Waals surface area contributed by atoms with Gasteiger partial charge in [-0.05, 0) is 62.1 Å². The number of aromatic nitrogens is 1. The van der Waals surface area contributed by atoms with Crippen molar-refractivity contribution in [3.8, 4) is 5.75 Å². The molecule has 1 aliphatic rings. The van der Waals surface area contributed by atoms with E-state index in [0.29, 0.717) is 25.2 Å². The van der Waals surface area contributed by atoms with E-state index in [4.69, 9.17) is 9.72 Å². The molecule has 0 bridgehead atoms. The minimum Gasteiger partial charge on any atom is -0.494 e. The van der Waals surface area contributed by atoms with E-state index in [-0.39, 0.29) is 17.8 Å². The molecule has 3 aromatic rings. The Kier molecular flexibility index (Phi) is 5.86. The lowest BCUT2D eigenvalue weighted by atomic mass is 10.0. The van der Waals surface area contributed by atoms with Gasteiger partial charge in [0.05, 0.1) is 22.9 Å². The van der Waals surface area contributed by atoms with Crippen molar-refractivity contribution in [3.63, 3.8) is 0 Å². The molecule has 2 heterocycles. The third-order valence-electron chi connectivity index (χ3n) is 5.04. The van der Waals surface area contributed by atoms with E-state index >= 15 is 0 Å². The first-order valence-electron chi connectivity index (χ1n) is 9.74. The largest absolute Gasteiger partial charge is 0.494 e. The monoisotopic (exact) mass is 398 g/mol. The van der Waals surface area contributed by atoms with Gasteiger partial charge in [0.15, 0.2) is 0 Å². The lowest BCUT2D eigenvalue weighted by molar-refractivity contribution is -0.135. The van der Waals surface area contributed by atoms with E-state index in [9.17, 15) is 9.18 Å². The van der Waals surface area contributed by atoms with Crippen LogP contribution >= 0.6 is 11.3 Å². The molecule has 1 atom stereocenters. The minimum absolute atomic E-state index is 0.0802. The fourth-order valence-corrected chi connectivity index (χ4v) is 4.72. The number of benzene rings is 2. The van der Waals surface area contributed by atoms with E-state index in [1.165, 1.54) is 16.8 Å². The second-order valence-electron chi connectivity index (χ2n) is 7.02. The highest BCUT2D eigenvalue weighted by Crippen LogP contribution is 2.36. The number of ether oxygens (including phenoxy) is 1. The van der Waals surface area contributed by atoms with Crippen molar-refractivity contribution in [2.45, 2.75) is 38.1 Å². The van der Waals surface area contributed by atoms with Crippen molar-refractivity contribution < 1.29 is 13.9 Å². The maximum Gasteiger partial charge on any atom is 0.223 e. The summed E-state index contributed by atoms with van der Waals surface area (Å²) in [6.45, 7) is 1.23. The van der Waals surface area contributed by atoms with Crippen molar-refractivity contribution in [2.75, 3.05) is 13.2 Å². The number of amides is 1. The number of carbonyl (C=O) groups is 1. The van der Waals surface area contributed by atoms with E-state index < -0.39 is 0 Å². The molecule has 6 heteroatoms. The average Bonchev–Trinajstić information content (AvgIpc) is 3.16. The Morgan fingerprint density at radius 2 is 2.00 bits per heavy atom. The van der Waals surface area contributed by atoms with Crippen molar-refractivity contribution in [2.24, 2.45) is 0 Å².